The molecule has 0 saturated heterocycles. The highest BCUT2D eigenvalue weighted by Gasteiger charge is 2.62. The maximum atomic E-state index is 12.9. The van der Waals surface area contributed by atoms with Gasteiger partial charge in [0.15, 0.2) is 0 Å². The lowest BCUT2D eigenvalue weighted by Gasteiger charge is -2.64. The van der Waals surface area contributed by atoms with Crippen LogP contribution in [0.2, 0.25) is 0 Å². The summed E-state index contributed by atoms with van der Waals surface area (Å²) in [6, 6.07) is 0. The number of nitrogens with one attached hydrogen (secondary N) is 1. The summed E-state index contributed by atoms with van der Waals surface area (Å²) in [6.07, 6.45) is 11.2. The highest BCUT2D eigenvalue weighted by Crippen LogP contribution is 2.69. The van der Waals surface area contributed by atoms with Gasteiger partial charge in [-0.25, -0.2) is 0 Å². The van der Waals surface area contributed by atoms with E-state index in [4.69, 9.17) is 0 Å². The minimum Gasteiger partial charge on any atom is -0.356 e. The van der Waals surface area contributed by atoms with Crippen LogP contribution in [0.15, 0.2) is 0 Å². The Kier molecular flexibility index (Phi) is 4.35. The lowest BCUT2D eigenvalue weighted by molar-refractivity contribution is -0.170. The summed E-state index contributed by atoms with van der Waals surface area (Å²) in [5.41, 5.74) is 0.853. The molecule has 4 aliphatic rings. The number of amides is 1. The molecule has 2 nitrogen and oxygen atoms in total. The summed E-state index contributed by atoms with van der Waals surface area (Å²) in [5, 5.41) is 3.29. The largest absolute Gasteiger partial charge is 0.356 e. The fraction of sp³-hybridized carbons (Fsp3) is 0.944. The lowest BCUT2D eigenvalue weighted by Crippen LogP contribution is -2.59. The highest BCUT2D eigenvalue weighted by atomic mass is 127. The Balaban J connectivity index is 1.63. The Morgan fingerprint density at radius 2 is 1.71 bits per heavy atom. The Morgan fingerprint density at radius 1 is 1.05 bits per heavy atom. The zero-order valence-corrected chi connectivity index (χ0v) is 15.8. The fourth-order valence-corrected chi connectivity index (χ4v) is 7.03. The number of alkyl halides is 1. The van der Waals surface area contributed by atoms with Crippen molar-refractivity contribution in [1.29, 1.82) is 0 Å². The predicted octanol–water partition coefficient (Wildman–Crippen LogP) is 4.70. The third kappa shape index (κ3) is 3.13. The van der Waals surface area contributed by atoms with Gasteiger partial charge in [-0.3, -0.25) is 4.79 Å². The second kappa shape index (κ2) is 5.68. The van der Waals surface area contributed by atoms with Crippen LogP contribution in [0.25, 0.3) is 0 Å². The molecule has 0 radical (unpaired) electrons. The van der Waals surface area contributed by atoms with Crippen molar-refractivity contribution in [2.45, 2.75) is 71.6 Å². The standard InChI is InChI=1S/C18H30INO/c1-16-8-14-9-17(2,11-16)13-18(10-14,12-16)15(21)20-7-5-3-4-6-19/h14H,3-13H2,1-2H3,(H,20,21). The summed E-state index contributed by atoms with van der Waals surface area (Å²) in [4.78, 5) is 12.9. The summed E-state index contributed by atoms with van der Waals surface area (Å²) in [7, 11) is 0. The molecule has 3 heteroatoms. The minimum absolute atomic E-state index is 0.0216. The number of halogens is 1. The molecular weight excluding hydrogens is 373 g/mol. The van der Waals surface area contributed by atoms with Crippen molar-refractivity contribution in [2.75, 3.05) is 11.0 Å². The van der Waals surface area contributed by atoms with Gasteiger partial charge in [-0.15, -0.1) is 0 Å². The zero-order valence-electron chi connectivity index (χ0n) is 13.6. The van der Waals surface area contributed by atoms with Crippen molar-refractivity contribution in [3.8, 4) is 0 Å². The van der Waals surface area contributed by atoms with Crippen LogP contribution in [0.3, 0.4) is 0 Å². The van der Waals surface area contributed by atoms with Gasteiger partial charge in [0.2, 0.25) is 5.91 Å². The number of unbranched alkanes of at least 4 members (excludes halogenated alkanes) is 2. The van der Waals surface area contributed by atoms with Crippen LogP contribution < -0.4 is 5.32 Å². The Bertz CT molecular complexity index is 403. The lowest BCUT2D eigenvalue weighted by atomic mass is 9.40. The highest BCUT2D eigenvalue weighted by molar-refractivity contribution is 14.1. The molecule has 2 unspecified atom stereocenters. The van der Waals surface area contributed by atoms with Crippen LogP contribution in [-0.4, -0.2) is 16.9 Å². The van der Waals surface area contributed by atoms with Gasteiger partial charge in [-0.1, -0.05) is 42.9 Å². The first-order chi connectivity index (χ1) is 9.89. The minimum atomic E-state index is -0.0216. The van der Waals surface area contributed by atoms with Gasteiger partial charge in [-0.2, -0.15) is 0 Å². The molecule has 4 fully saturated rings. The first kappa shape index (κ1) is 16.1. The molecule has 21 heavy (non-hydrogen) atoms. The third-order valence-corrected chi connectivity index (χ3v) is 6.97. The number of hydrogen-bond acceptors (Lipinski definition) is 1. The quantitative estimate of drug-likeness (QED) is 0.389. The van der Waals surface area contributed by atoms with E-state index >= 15 is 0 Å². The molecule has 2 atom stereocenters. The van der Waals surface area contributed by atoms with Crippen molar-refractivity contribution in [3.63, 3.8) is 0 Å². The van der Waals surface area contributed by atoms with Gasteiger partial charge in [0.25, 0.3) is 0 Å². The summed E-state index contributed by atoms with van der Waals surface area (Å²) < 4.78 is 1.23. The molecule has 4 saturated carbocycles. The van der Waals surface area contributed by atoms with Crippen LogP contribution in [-0.2, 0) is 4.79 Å². The monoisotopic (exact) mass is 403 g/mol. The molecular formula is C18H30INO. The van der Waals surface area contributed by atoms with E-state index in [9.17, 15) is 4.79 Å². The van der Waals surface area contributed by atoms with Crippen molar-refractivity contribution in [1.82, 2.24) is 5.32 Å². The molecule has 4 rings (SSSR count). The number of hydrogen-bond donors (Lipinski definition) is 1. The average Bonchev–Trinajstić information content (AvgIpc) is 2.33. The maximum Gasteiger partial charge on any atom is 0.226 e. The van der Waals surface area contributed by atoms with E-state index in [2.05, 4.69) is 41.8 Å². The Labute approximate surface area is 143 Å². The van der Waals surface area contributed by atoms with E-state index in [1.165, 1.54) is 36.5 Å². The summed E-state index contributed by atoms with van der Waals surface area (Å²) in [6.45, 7) is 5.77. The topological polar surface area (TPSA) is 29.1 Å². The van der Waals surface area contributed by atoms with E-state index < -0.39 is 0 Å². The maximum absolute atomic E-state index is 12.9. The summed E-state index contributed by atoms with van der Waals surface area (Å²) in [5.74, 6) is 1.19. The molecule has 0 aromatic carbocycles. The Hall–Kier alpha value is 0.200. The average molecular weight is 403 g/mol. The van der Waals surface area contributed by atoms with Crippen LogP contribution in [0, 0.1) is 22.2 Å². The Morgan fingerprint density at radius 3 is 2.29 bits per heavy atom. The first-order valence-electron chi connectivity index (χ1n) is 8.73. The van der Waals surface area contributed by atoms with Crippen molar-refractivity contribution < 1.29 is 4.79 Å². The molecule has 0 spiro atoms. The van der Waals surface area contributed by atoms with E-state index in [0.717, 1.165) is 38.1 Å². The van der Waals surface area contributed by atoms with Gasteiger partial charge in [0.1, 0.15) is 0 Å². The van der Waals surface area contributed by atoms with Gasteiger partial charge >= 0.3 is 0 Å². The smallest absolute Gasteiger partial charge is 0.226 e. The molecule has 1 amide bonds. The molecule has 0 aromatic rings. The predicted molar refractivity (Wildman–Crippen MR) is 95.6 cm³/mol. The van der Waals surface area contributed by atoms with E-state index in [-0.39, 0.29) is 5.41 Å². The molecule has 4 bridgehead atoms. The van der Waals surface area contributed by atoms with Gasteiger partial charge < -0.3 is 5.32 Å². The normalized spacial score (nSPS) is 44.0. The number of rotatable bonds is 6. The van der Waals surface area contributed by atoms with Crippen LogP contribution in [0.5, 0.6) is 0 Å². The van der Waals surface area contributed by atoms with Crippen LogP contribution in [0.4, 0.5) is 0 Å². The van der Waals surface area contributed by atoms with E-state index in [1.807, 2.05) is 0 Å². The van der Waals surface area contributed by atoms with E-state index in [1.54, 1.807) is 0 Å². The second-order valence-electron chi connectivity index (χ2n) is 8.92. The molecule has 0 heterocycles. The molecule has 0 aromatic heterocycles. The van der Waals surface area contributed by atoms with Crippen molar-refractivity contribution >= 4 is 28.5 Å². The van der Waals surface area contributed by atoms with E-state index in [0.29, 0.717) is 16.7 Å². The van der Waals surface area contributed by atoms with Crippen molar-refractivity contribution in [2.24, 2.45) is 22.2 Å². The zero-order chi connectivity index (χ0) is 15.1. The van der Waals surface area contributed by atoms with Gasteiger partial charge in [0, 0.05) is 6.54 Å². The second-order valence-corrected chi connectivity index (χ2v) is 9.99. The van der Waals surface area contributed by atoms with Crippen LogP contribution in [0.1, 0.15) is 71.6 Å². The first-order valence-corrected chi connectivity index (χ1v) is 10.3. The van der Waals surface area contributed by atoms with Gasteiger partial charge in [0.05, 0.1) is 5.41 Å². The molecule has 4 aliphatic carbocycles. The van der Waals surface area contributed by atoms with Crippen LogP contribution >= 0.6 is 22.6 Å². The fourth-order valence-electron chi connectivity index (χ4n) is 6.49. The van der Waals surface area contributed by atoms with Crippen molar-refractivity contribution in [3.05, 3.63) is 0 Å². The third-order valence-electron chi connectivity index (χ3n) is 6.20. The molecule has 1 N–H and O–H groups in total. The number of carbonyl (C=O) groups is 1. The molecule has 120 valence electrons. The number of carbonyl (C=O) groups excluding carboxylic acids is 1. The summed E-state index contributed by atoms with van der Waals surface area (Å²) >= 11 is 2.43. The molecule has 0 aliphatic heterocycles. The van der Waals surface area contributed by atoms with Gasteiger partial charge in [-0.05, 0) is 72.5 Å². The SMILES string of the molecule is CC12CC3CC(C)(C1)CC(C(=O)NCCCCCI)(C3)C2.